The Bertz CT molecular complexity index is 781. The van der Waals surface area contributed by atoms with Gasteiger partial charge in [-0.25, -0.2) is 0 Å². The summed E-state index contributed by atoms with van der Waals surface area (Å²) in [6, 6.07) is 15.4. The molecule has 0 saturated heterocycles. The fraction of sp³-hybridized carbons (Fsp3) is 0.222. The van der Waals surface area contributed by atoms with Crippen molar-refractivity contribution in [3.05, 3.63) is 53.6 Å². The van der Waals surface area contributed by atoms with Crippen molar-refractivity contribution in [3.8, 4) is 11.8 Å². The molecule has 0 saturated carbocycles. The first-order valence-corrected chi connectivity index (χ1v) is 8.50. The summed E-state index contributed by atoms with van der Waals surface area (Å²) in [5, 5.41) is 9.09. The molecular weight excluding hydrogens is 308 g/mol. The van der Waals surface area contributed by atoms with Crippen LogP contribution in [0.3, 0.4) is 0 Å². The standard InChI is InChI=1S/C18H16N2O2S/c1-12-18(21)20(11-13-3-6-15(23-2)7-4-13)16-9-14(10-19)5-8-17(16)22-12/h3-9,12H,11H2,1-2H3. The van der Waals surface area contributed by atoms with E-state index in [-0.39, 0.29) is 5.91 Å². The Hall–Kier alpha value is -2.45. The van der Waals surface area contributed by atoms with E-state index in [1.54, 1.807) is 41.8 Å². The Balaban J connectivity index is 1.96. The highest BCUT2D eigenvalue weighted by atomic mass is 32.2. The zero-order chi connectivity index (χ0) is 16.4. The van der Waals surface area contributed by atoms with Crippen LogP contribution >= 0.6 is 11.8 Å². The van der Waals surface area contributed by atoms with Gasteiger partial charge in [0.1, 0.15) is 5.75 Å². The second kappa shape index (κ2) is 6.35. The Kier molecular flexibility index (Phi) is 4.26. The van der Waals surface area contributed by atoms with Crippen molar-refractivity contribution < 1.29 is 9.53 Å². The zero-order valence-electron chi connectivity index (χ0n) is 12.9. The van der Waals surface area contributed by atoms with Gasteiger partial charge in [-0.1, -0.05) is 12.1 Å². The van der Waals surface area contributed by atoms with Gasteiger partial charge >= 0.3 is 0 Å². The third-order valence-corrected chi connectivity index (χ3v) is 4.54. The van der Waals surface area contributed by atoms with Gasteiger partial charge in [0.05, 0.1) is 23.9 Å². The molecule has 0 spiro atoms. The summed E-state index contributed by atoms with van der Waals surface area (Å²) in [6.07, 6.45) is 1.50. The van der Waals surface area contributed by atoms with Crippen molar-refractivity contribution in [1.29, 1.82) is 5.26 Å². The van der Waals surface area contributed by atoms with Crippen LogP contribution in [0.5, 0.6) is 5.75 Å². The number of ether oxygens (including phenoxy) is 1. The second-order valence-electron chi connectivity index (χ2n) is 5.33. The van der Waals surface area contributed by atoms with Gasteiger partial charge in [0.2, 0.25) is 0 Å². The quantitative estimate of drug-likeness (QED) is 0.810. The minimum atomic E-state index is -0.527. The smallest absolute Gasteiger partial charge is 0.268 e. The molecule has 1 unspecified atom stereocenters. The lowest BCUT2D eigenvalue weighted by molar-refractivity contribution is -0.125. The average molecular weight is 324 g/mol. The maximum absolute atomic E-state index is 12.5. The predicted octanol–water partition coefficient (Wildman–Crippen LogP) is 3.59. The molecule has 2 aromatic carbocycles. The Morgan fingerprint density at radius 3 is 2.65 bits per heavy atom. The molecule has 1 aliphatic rings. The van der Waals surface area contributed by atoms with E-state index in [0.29, 0.717) is 23.5 Å². The van der Waals surface area contributed by atoms with Crippen LogP contribution in [0.4, 0.5) is 5.69 Å². The van der Waals surface area contributed by atoms with Crippen LogP contribution in [0.15, 0.2) is 47.4 Å². The molecule has 0 aliphatic carbocycles. The number of fused-ring (bicyclic) bond motifs is 1. The number of rotatable bonds is 3. The monoisotopic (exact) mass is 324 g/mol. The number of nitriles is 1. The number of anilines is 1. The van der Waals surface area contributed by atoms with E-state index < -0.39 is 6.10 Å². The molecule has 2 aromatic rings. The molecule has 0 bridgehead atoms. The highest BCUT2D eigenvalue weighted by Crippen LogP contribution is 2.35. The number of benzene rings is 2. The van der Waals surface area contributed by atoms with E-state index in [2.05, 4.69) is 6.07 Å². The van der Waals surface area contributed by atoms with Crippen LogP contribution in [0.1, 0.15) is 18.1 Å². The molecule has 116 valence electrons. The van der Waals surface area contributed by atoms with Crippen molar-refractivity contribution >= 4 is 23.4 Å². The van der Waals surface area contributed by atoms with Gasteiger partial charge in [0, 0.05) is 4.90 Å². The largest absolute Gasteiger partial charge is 0.479 e. The lowest BCUT2D eigenvalue weighted by atomic mass is 10.1. The molecule has 1 amide bonds. The molecule has 23 heavy (non-hydrogen) atoms. The van der Waals surface area contributed by atoms with Crippen LogP contribution in [-0.2, 0) is 11.3 Å². The van der Waals surface area contributed by atoms with Crippen molar-refractivity contribution in [3.63, 3.8) is 0 Å². The Labute approximate surface area is 139 Å². The van der Waals surface area contributed by atoms with Crippen molar-refractivity contribution in [1.82, 2.24) is 0 Å². The van der Waals surface area contributed by atoms with Crippen LogP contribution in [-0.4, -0.2) is 18.3 Å². The Morgan fingerprint density at radius 2 is 2.00 bits per heavy atom. The van der Waals surface area contributed by atoms with Gasteiger partial charge in [-0.05, 0) is 49.1 Å². The molecule has 4 nitrogen and oxygen atoms in total. The van der Waals surface area contributed by atoms with Gasteiger partial charge in [-0.15, -0.1) is 11.8 Å². The molecule has 5 heteroatoms. The van der Waals surface area contributed by atoms with Gasteiger partial charge in [-0.3, -0.25) is 4.79 Å². The first-order chi connectivity index (χ1) is 11.1. The van der Waals surface area contributed by atoms with Crippen LogP contribution in [0.25, 0.3) is 0 Å². The zero-order valence-corrected chi connectivity index (χ0v) is 13.8. The number of carbonyl (C=O) groups excluding carboxylic acids is 1. The first kappa shape index (κ1) is 15.4. The van der Waals surface area contributed by atoms with E-state index >= 15 is 0 Å². The lowest BCUT2D eigenvalue weighted by Gasteiger charge is -2.33. The van der Waals surface area contributed by atoms with Gasteiger partial charge in [0.15, 0.2) is 6.10 Å². The average Bonchev–Trinajstić information content (AvgIpc) is 2.59. The first-order valence-electron chi connectivity index (χ1n) is 7.27. The maximum atomic E-state index is 12.5. The summed E-state index contributed by atoms with van der Waals surface area (Å²) < 4.78 is 5.64. The third kappa shape index (κ3) is 3.03. The van der Waals surface area contributed by atoms with Crippen LogP contribution in [0.2, 0.25) is 0 Å². The Morgan fingerprint density at radius 1 is 1.26 bits per heavy atom. The fourth-order valence-electron chi connectivity index (χ4n) is 2.55. The molecule has 1 aliphatic heterocycles. The van der Waals surface area contributed by atoms with Crippen LogP contribution < -0.4 is 9.64 Å². The van der Waals surface area contributed by atoms with E-state index in [4.69, 9.17) is 10.00 Å². The van der Waals surface area contributed by atoms with Crippen molar-refractivity contribution in [2.24, 2.45) is 0 Å². The molecule has 0 aromatic heterocycles. The van der Waals surface area contributed by atoms with Gasteiger partial charge in [0.25, 0.3) is 5.91 Å². The van der Waals surface area contributed by atoms with Crippen molar-refractivity contribution in [2.75, 3.05) is 11.2 Å². The third-order valence-electron chi connectivity index (χ3n) is 3.80. The molecular formula is C18H16N2O2S. The molecule has 3 rings (SSSR count). The summed E-state index contributed by atoms with van der Waals surface area (Å²) in [5.74, 6) is 0.540. The summed E-state index contributed by atoms with van der Waals surface area (Å²) in [7, 11) is 0. The number of hydrogen-bond acceptors (Lipinski definition) is 4. The second-order valence-corrected chi connectivity index (χ2v) is 6.21. The number of nitrogens with zero attached hydrogens (tertiary/aromatic N) is 2. The fourth-order valence-corrected chi connectivity index (χ4v) is 2.96. The minimum absolute atomic E-state index is 0.0958. The summed E-state index contributed by atoms with van der Waals surface area (Å²) >= 11 is 1.68. The van der Waals surface area contributed by atoms with E-state index in [1.807, 2.05) is 30.5 Å². The van der Waals surface area contributed by atoms with Gasteiger partial charge < -0.3 is 9.64 Å². The molecule has 1 atom stereocenters. The summed E-state index contributed by atoms with van der Waals surface area (Å²) in [5.41, 5.74) is 2.21. The maximum Gasteiger partial charge on any atom is 0.268 e. The van der Waals surface area contributed by atoms with Crippen LogP contribution in [0, 0.1) is 11.3 Å². The topological polar surface area (TPSA) is 53.3 Å². The highest BCUT2D eigenvalue weighted by Gasteiger charge is 2.31. The molecule has 0 radical (unpaired) electrons. The van der Waals surface area contributed by atoms with E-state index in [1.165, 1.54) is 4.90 Å². The predicted molar refractivity (Wildman–Crippen MR) is 90.7 cm³/mol. The molecule has 0 fully saturated rings. The highest BCUT2D eigenvalue weighted by molar-refractivity contribution is 7.98. The molecule has 0 N–H and O–H groups in total. The SMILES string of the molecule is CSc1ccc(CN2C(=O)C(C)Oc3ccc(C#N)cc32)cc1. The van der Waals surface area contributed by atoms with E-state index in [9.17, 15) is 4.79 Å². The number of carbonyl (C=O) groups is 1. The summed E-state index contributed by atoms with van der Waals surface area (Å²) in [4.78, 5) is 15.4. The number of thioether (sulfide) groups is 1. The summed E-state index contributed by atoms with van der Waals surface area (Å²) in [6.45, 7) is 2.20. The molecule has 1 heterocycles. The normalized spacial score (nSPS) is 16.5. The van der Waals surface area contributed by atoms with E-state index in [0.717, 1.165) is 5.56 Å². The van der Waals surface area contributed by atoms with Crippen molar-refractivity contribution in [2.45, 2.75) is 24.5 Å². The number of amides is 1. The number of hydrogen-bond donors (Lipinski definition) is 0. The lowest BCUT2D eigenvalue weighted by Crippen LogP contribution is -2.44. The minimum Gasteiger partial charge on any atom is -0.479 e. The van der Waals surface area contributed by atoms with Gasteiger partial charge in [-0.2, -0.15) is 5.26 Å².